The van der Waals surface area contributed by atoms with Crippen molar-refractivity contribution in [2.75, 3.05) is 19.5 Å². The van der Waals surface area contributed by atoms with Gasteiger partial charge < -0.3 is 19.5 Å². The van der Waals surface area contributed by atoms with Crippen molar-refractivity contribution in [3.8, 4) is 40.2 Å². The van der Waals surface area contributed by atoms with E-state index in [0.29, 0.717) is 46.0 Å². The van der Waals surface area contributed by atoms with Gasteiger partial charge in [-0.1, -0.05) is 0 Å². The van der Waals surface area contributed by atoms with Crippen LogP contribution in [-0.2, 0) is 7.05 Å². The molecule has 186 valence electrons. The predicted molar refractivity (Wildman–Crippen MR) is 135 cm³/mol. The lowest BCUT2D eigenvalue weighted by molar-refractivity contribution is 0.101. The minimum atomic E-state index is -0.308. The highest BCUT2D eigenvalue weighted by molar-refractivity contribution is 6.03. The normalized spacial score (nSPS) is 10.7. The van der Waals surface area contributed by atoms with Crippen molar-refractivity contribution in [3.05, 3.63) is 85.1 Å². The number of methoxy groups -OCH3 is 2. The van der Waals surface area contributed by atoms with Crippen molar-refractivity contribution in [3.63, 3.8) is 0 Å². The Bertz CT molecular complexity index is 1510. The molecule has 0 saturated heterocycles. The summed E-state index contributed by atoms with van der Waals surface area (Å²) in [4.78, 5) is 17.0. The smallest absolute Gasteiger partial charge is 0.273 e. The Balaban J connectivity index is 1.26. The van der Waals surface area contributed by atoms with Crippen LogP contribution in [0.3, 0.4) is 0 Å². The SMILES string of the molecule is COc1ccc(OC)c(-c2cc(C(=O)Nc3ccc(Oc4ccc(-n5ccnc5)nn4)cc3)n(C)n2)c1. The first-order chi connectivity index (χ1) is 18.0. The molecule has 0 unspecified atom stereocenters. The van der Waals surface area contributed by atoms with Gasteiger partial charge in [0.15, 0.2) is 5.82 Å². The molecule has 3 heterocycles. The van der Waals surface area contributed by atoms with Crippen LogP contribution in [0.25, 0.3) is 17.1 Å². The topological polar surface area (TPSA) is 118 Å². The second-order valence-electron chi connectivity index (χ2n) is 7.88. The number of nitrogens with zero attached hydrogens (tertiary/aromatic N) is 6. The molecule has 0 spiro atoms. The zero-order valence-electron chi connectivity index (χ0n) is 20.3. The molecule has 0 fully saturated rings. The van der Waals surface area contributed by atoms with Crippen molar-refractivity contribution in [2.45, 2.75) is 0 Å². The summed E-state index contributed by atoms with van der Waals surface area (Å²) in [5.74, 6) is 2.51. The van der Waals surface area contributed by atoms with Gasteiger partial charge in [0.2, 0.25) is 5.88 Å². The van der Waals surface area contributed by atoms with E-state index < -0.39 is 0 Å². The van der Waals surface area contributed by atoms with Crippen LogP contribution in [0.4, 0.5) is 5.69 Å². The summed E-state index contributed by atoms with van der Waals surface area (Å²) in [7, 11) is 4.88. The maximum atomic E-state index is 13.0. The van der Waals surface area contributed by atoms with Crippen molar-refractivity contribution in [2.24, 2.45) is 7.05 Å². The average Bonchev–Trinajstić information content (AvgIpc) is 3.60. The second-order valence-corrected chi connectivity index (χ2v) is 7.88. The van der Waals surface area contributed by atoms with E-state index in [4.69, 9.17) is 14.2 Å². The number of hydrogen-bond donors (Lipinski definition) is 1. The fourth-order valence-corrected chi connectivity index (χ4v) is 3.65. The van der Waals surface area contributed by atoms with E-state index in [1.807, 2.05) is 6.07 Å². The van der Waals surface area contributed by atoms with Crippen LogP contribution >= 0.6 is 0 Å². The monoisotopic (exact) mass is 497 g/mol. The van der Waals surface area contributed by atoms with Gasteiger partial charge in [-0.15, -0.1) is 10.2 Å². The van der Waals surface area contributed by atoms with Gasteiger partial charge in [0, 0.05) is 36.8 Å². The quantitative estimate of drug-likeness (QED) is 0.340. The number of benzene rings is 2. The lowest BCUT2D eigenvalue weighted by Gasteiger charge is -2.08. The Hall–Kier alpha value is -5.19. The van der Waals surface area contributed by atoms with Crippen LogP contribution < -0.4 is 19.5 Å². The van der Waals surface area contributed by atoms with E-state index in [1.54, 1.807) is 99.2 Å². The van der Waals surface area contributed by atoms with Crippen LogP contribution in [0.5, 0.6) is 23.1 Å². The number of aromatic nitrogens is 6. The van der Waals surface area contributed by atoms with Gasteiger partial charge in [-0.25, -0.2) is 4.98 Å². The van der Waals surface area contributed by atoms with Crippen molar-refractivity contribution in [1.82, 2.24) is 29.5 Å². The Morgan fingerprint density at radius 2 is 1.73 bits per heavy atom. The molecular weight excluding hydrogens is 474 g/mol. The van der Waals surface area contributed by atoms with Gasteiger partial charge in [-0.2, -0.15) is 5.10 Å². The molecule has 37 heavy (non-hydrogen) atoms. The van der Waals surface area contributed by atoms with Crippen LogP contribution in [0.15, 0.2) is 79.4 Å². The van der Waals surface area contributed by atoms with Gasteiger partial charge in [0.1, 0.15) is 29.3 Å². The predicted octanol–water partition coefficient (Wildman–Crippen LogP) is 4.12. The van der Waals surface area contributed by atoms with E-state index in [-0.39, 0.29) is 5.91 Å². The third kappa shape index (κ3) is 5.10. The molecule has 0 aliphatic rings. The highest BCUT2D eigenvalue weighted by Gasteiger charge is 2.18. The summed E-state index contributed by atoms with van der Waals surface area (Å²) in [6.07, 6.45) is 5.08. The molecule has 3 aromatic heterocycles. The first kappa shape index (κ1) is 23.5. The maximum Gasteiger partial charge on any atom is 0.273 e. The Labute approximate surface area is 212 Å². The number of aryl methyl sites for hydroxylation is 1. The van der Waals surface area contributed by atoms with E-state index in [2.05, 4.69) is 25.6 Å². The zero-order valence-corrected chi connectivity index (χ0v) is 20.3. The van der Waals surface area contributed by atoms with Gasteiger partial charge in [0.05, 0.1) is 19.9 Å². The summed E-state index contributed by atoms with van der Waals surface area (Å²) in [5, 5.41) is 15.6. The standard InChI is InChI=1S/C26H23N7O4/c1-32-22(15-21(31-32)20-14-19(35-2)8-9-23(20)36-3)26(34)28-17-4-6-18(7-5-17)37-25-11-10-24(29-30-25)33-13-12-27-16-33/h4-16H,1-3H3,(H,28,34). The van der Waals surface area contributed by atoms with Crippen LogP contribution in [0.1, 0.15) is 10.5 Å². The molecule has 11 nitrogen and oxygen atoms in total. The molecule has 0 aliphatic heterocycles. The highest BCUT2D eigenvalue weighted by atomic mass is 16.5. The minimum Gasteiger partial charge on any atom is -0.497 e. The molecule has 0 radical (unpaired) electrons. The number of carbonyl (C=O) groups is 1. The molecule has 2 aromatic carbocycles. The van der Waals surface area contributed by atoms with Crippen LogP contribution in [0.2, 0.25) is 0 Å². The summed E-state index contributed by atoms with van der Waals surface area (Å²) >= 11 is 0. The molecule has 11 heteroatoms. The number of carbonyl (C=O) groups excluding carboxylic acids is 1. The second kappa shape index (κ2) is 10.2. The number of nitrogens with one attached hydrogen (secondary N) is 1. The first-order valence-electron chi connectivity index (χ1n) is 11.2. The van der Waals surface area contributed by atoms with E-state index in [1.165, 1.54) is 4.68 Å². The Morgan fingerprint density at radius 3 is 2.41 bits per heavy atom. The number of imidazole rings is 1. The molecule has 0 bridgehead atoms. The first-order valence-corrected chi connectivity index (χ1v) is 11.2. The summed E-state index contributed by atoms with van der Waals surface area (Å²) < 4.78 is 19.8. The van der Waals surface area contributed by atoms with Crippen LogP contribution in [-0.4, -0.2) is 49.7 Å². The average molecular weight is 498 g/mol. The van der Waals surface area contributed by atoms with E-state index in [9.17, 15) is 4.79 Å². The van der Waals surface area contributed by atoms with Gasteiger partial charge >= 0.3 is 0 Å². The molecule has 5 aromatic rings. The number of ether oxygens (including phenoxy) is 3. The summed E-state index contributed by atoms with van der Waals surface area (Å²) in [6, 6.07) is 17.6. The molecular formula is C26H23N7O4. The zero-order chi connectivity index (χ0) is 25.8. The number of anilines is 1. The molecule has 1 N–H and O–H groups in total. The van der Waals surface area contributed by atoms with Crippen molar-refractivity contribution < 1.29 is 19.0 Å². The molecule has 0 saturated carbocycles. The molecule has 0 aliphatic carbocycles. The lowest BCUT2D eigenvalue weighted by Crippen LogP contribution is -2.15. The van der Waals surface area contributed by atoms with Gasteiger partial charge in [-0.3, -0.25) is 14.0 Å². The van der Waals surface area contributed by atoms with Gasteiger partial charge in [0.25, 0.3) is 5.91 Å². The Morgan fingerprint density at radius 1 is 0.919 bits per heavy atom. The third-order valence-electron chi connectivity index (χ3n) is 5.52. The number of amides is 1. The molecule has 0 atom stereocenters. The third-order valence-corrected chi connectivity index (χ3v) is 5.52. The summed E-state index contributed by atoms with van der Waals surface area (Å²) in [5.41, 5.74) is 2.29. The maximum absolute atomic E-state index is 13.0. The highest BCUT2D eigenvalue weighted by Crippen LogP contribution is 2.33. The van der Waals surface area contributed by atoms with Crippen molar-refractivity contribution >= 4 is 11.6 Å². The molecule has 5 rings (SSSR count). The minimum absolute atomic E-state index is 0.308. The molecule has 1 amide bonds. The van der Waals surface area contributed by atoms with E-state index in [0.717, 1.165) is 5.56 Å². The fourth-order valence-electron chi connectivity index (χ4n) is 3.65. The largest absolute Gasteiger partial charge is 0.497 e. The Kier molecular flexibility index (Phi) is 6.49. The number of rotatable bonds is 8. The number of hydrogen-bond acceptors (Lipinski definition) is 8. The van der Waals surface area contributed by atoms with Crippen LogP contribution in [0, 0.1) is 0 Å². The fraction of sp³-hybridized carbons (Fsp3) is 0.115. The van der Waals surface area contributed by atoms with E-state index >= 15 is 0 Å². The van der Waals surface area contributed by atoms with Crippen molar-refractivity contribution in [1.29, 1.82) is 0 Å². The summed E-state index contributed by atoms with van der Waals surface area (Å²) in [6.45, 7) is 0. The van der Waals surface area contributed by atoms with Gasteiger partial charge in [-0.05, 0) is 54.6 Å². The lowest BCUT2D eigenvalue weighted by atomic mass is 10.1.